The Morgan fingerprint density at radius 3 is 2.48 bits per heavy atom. The second-order valence-electron chi connectivity index (χ2n) is 7.30. The molecule has 1 amide bonds. The zero-order valence-electron chi connectivity index (χ0n) is 16.8. The number of halogens is 1. The van der Waals surface area contributed by atoms with Crippen LogP contribution in [0.2, 0.25) is 0 Å². The van der Waals surface area contributed by atoms with Gasteiger partial charge in [0.1, 0.15) is 0 Å². The Morgan fingerprint density at radius 2 is 1.86 bits per heavy atom. The Bertz CT molecular complexity index is 1040. The van der Waals surface area contributed by atoms with Crippen LogP contribution in [0.4, 0.5) is 5.69 Å². The van der Waals surface area contributed by atoms with Gasteiger partial charge in [-0.25, -0.2) is 14.5 Å². The van der Waals surface area contributed by atoms with Crippen LogP contribution in [-0.4, -0.2) is 33.2 Å². The zero-order valence-corrected chi connectivity index (χ0v) is 18.4. The highest BCUT2D eigenvalue weighted by Crippen LogP contribution is 2.25. The second kappa shape index (κ2) is 8.73. The quantitative estimate of drug-likeness (QED) is 0.541. The molecule has 0 radical (unpaired) electrons. The standard InChI is InChI=1S/C21H23BrN4O3/c1-12(2)18-9-16(17-10-23-26(13(3)4)20(17)25-18)21(28)29-11-19(27)24-15-7-5-14(22)6-8-15/h5-10,12-13H,11H2,1-4H3,(H,24,27). The van der Waals surface area contributed by atoms with Gasteiger partial charge in [-0.15, -0.1) is 0 Å². The number of esters is 1. The number of rotatable bonds is 6. The molecule has 152 valence electrons. The molecule has 1 N–H and O–H groups in total. The van der Waals surface area contributed by atoms with E-state index in [-0.39, 0.29) is 18.6 Å². The number of ether oxygens (including phenoxy) is 1. The number of nitrogens with zero attached hydrogens (tertiary/aromatic N) is 3. The summed E-state index contributed by atoms with van der Waals surface area (Å²) < 4.78 is 7.96. The third-order valence-corrected chi connectivity index (χ3v) is 4.88. The van der Waals surface area contributed by atoms with Crippen molar-refractivity contribution < 1.29 is 14.3 Å². The molecular formula is C21H23BrN4O3. The van der Waals surface area contributed by atoms with E-state index >= 15 is 0 Å². The van der Waals surface area contributed by atoms with E-state index in [0.717, 1.165) is 10.2 Å². The van der Waals surface area contributed by atoms with Crippen molar-refractivity contribution in [3.63, 3.8) is 0 Å². The number of carbonyl (C=O) groups is 2. The highest BCUT2D eigenvalue weighted by atomic mass is 79.9. The number of anilines is 1. The van der Waals surface area contributed by atoms with Crippen molar-refractivity contribution in [1.29, 1.82) is 0 Å². The summed E-state index contributed by atoms with van der Waals surface area (Å²) in [7, 11) is 0. The Hall–Kier alpha value is -2.74. The predicted molar refractivity (Wildman–Crippen MR) is 115 cm³/mol. The SMILES string of the molecule is CC(C)c1cc(C(=O)OCC(=O)Nc2ccc(Br)cc2)c2cnn(C(C)C)c2n1. The summed E-state index contributed by atoms with van der Waals surface area (Å²) in [6, 6.07) is 8.96. The minimum atomic E-state index is -0.575. The smallest absolute Gasteiger partial charge is 0.339 e. The van der Waals surface area contributed by atoms with Crippen LogP contribution in [0.1, 0.15) is 55.7 Å². The maximum atomic E-state index is 12.7. The summed E-state index contributed by atoms with van der Waals surface area (Å²) in [5, 5.41) is 7.67. The molecule has 0 fully saturated rings. The Kier molecular flexibility index (Phi) is 6.32. The normalized spacial score (nSPS) is 11.3. The van der Waals surface area contributed by atoms with Crippen molar-refractivity contribution in [3.8, 4) is 0 Å². The Labute approximate surface area is 177 Å². The third kappa shape index (κ3) is 4.82. The van der Waals surface area contributed by atoms with Gasteiger partial charge in [0.25, 0.3) is 5.91 Å². The number of hydrogen-bond acceptors (Lipinski definition) is 5. The number of pyridine rings is 1. The topological polar surface area (TPSA) is 86.1 Å². The molecule has 29 heavy (non-hydrogen) atoms. The lowest BCUT2D eigenvalue weighted by Crippen LogP contribution is -2.21. The first kappa shape index (κ1) is 21.0. The number of hydrogen-bond donors (Lipinski definition) is 1. The van der Waals surface area contributed by atoms with Gasteiger partial charge in [0, 0.05) is 21.9 Å². The van der Waals surface area contributed by atoms with Gasteiger partial charge < -0.3 is 10.1 Å². The lowest BCUT2D eigenvalue weighted by molar-refractivity contribution is -0.119. The molecule has 7 nitrogen and oxygen atoms in total. The second-order valence-corrected chi connectivity index (χ2v) is 8.22. The van der Waals surface area contributed by atoms with Gasteiger partial charge in [-0.3, -0.25) is 4.79 Å². The fraction of sp³-hybridized carbons (Fsp3) is 0.333. The molecule has 0 aliphatic carbocycles. The van der Waals surface area contributed by atoms with Crippen molar-refractivity contribution in [3.05, 3.63) is 52.3 Å². The van der Waals surface area contributed by atoms with Crippen LogP contribution in [0, 0.1) is 0 Å². The average molecular weight is 459 g/mol. The highest BCUT2D eigenvalue weighted by molar-refractivity contribution is 9.10. The van der Waals surface area contributed by atoms with Crippen LogP contribution in [0.15, 0.2) is 41.0 Å². The molecule has 0 saturated heterocycles. The van der Waals surface area contributed by atoms with Crippen molar-refractivity contribution in [2.75, 3.05) is 11.9 Å². The van der Waals surface area contributed by atoms with E-state index in [1.807, 2.05) is 39.8 Å². The number of nitrogens with one attached hydrogen (secondary N) is 1. The van der Waals surface area contributed by atoms with Crippen LogP contribution < -0.4 is 5.32 Å². The molecule has 0 aliphatic rings. The summed E-state index contributed by atoms with van der Waals surface area (Å²) in [6.07, 6.45) is 1.62. The summed E-state index contributed by atoms with van der Waals surface area (Å²) in [4.78, 5) is 29.5. The lowest BCUT2D eigenvalue weighted by Gasteiger charge is -2.12. The average Bonchev–Trinajstić information content (AvgIpc) is 3.11. The van der Waals surface area contributed by atoms with E-state index in [2.05, 4.69) is 31.3 Å². The summed E-state index contributed by atoms with van der Waals surface area (Å²) in [6.45, 7) is 7.63. The van der Waals surface area contributed by atoms with E-state index in [9.17, 15) is 9.59 Å². The number of carbonyl (C=O) groups excluding carboxylic acids is 2. The van der Waals surface area contributed by atoms with Gasteiger partial charge in [-0.05, 0) is 50.1 Å². The molecule has 0 unspecified atom stereocenters. The van der Waals surface area contributed by atoms with Crippen LogP contribution in [0.3, 0.4) is 0 Å². The van der Waals surface area contributed by atoms with Crippen molar-refractivity contribution >= 4 is 44.5 Å². The monoisotopic (exact) mass is 458 g/mol. The minimum absolute atomic E-state index is 0.1000. The van der Waals surface area contributed by atoms with Crippen molar-refractivity contribution in [2.24, 2.45) is 0 Å². The first-order chi connectivity index (χ1) is 13.8. The maximum absolute atomic E-state index is 12.7. The largest absolute Gasteiger partial charge is 0.452 e. The molecule has 0 bridgehead atoms. The Morgan fingerprint density at radius 1 is 1.17 bits per heavy atom. The van der Waals surface area contributed by atoms with Gasteiger partial charge >= 0.3 is 5.97 Å². The fourth-order valence-electron chi connectivity index (χ4n) is 2.82. The van der Waals surface area contributed by atoms with E-state index in [1.165, 1.54) is 0 Å². The number of aromatic nitrogens is 3. The van der Waals surface area contributed by atoms with Crippen LogP contribution >= 0.6 is 15.9 Å². The summed E-state index contributed by atoms with van der Waals surface area (Å²) >= 11 is 3.34. The van der Waals surface area contributed by atoms with Crippen molar-refractivity contribution in [1.82, 2.24) is 14.8 Å². The van der Waals surface area contributed by atoms with Gasteiger partial charge in [-0.1, -0.05) is 29.8 Å². The molecular weight excluding hydrogens is 436 g/mol. The summed E-state index contributed by atoms with van der Waals surface area (Å²) in [5.41, 5.74) is 2.39. The number of amides is 1. The zero-order chi connectivity index (χ0) is 21.1. The first-order valence-corrected chi connectivity index (χ1v) is 10.2. The third-order valence-electron chi connectivity index (χ3n) is 4.35. The molecule has 0 atom stereocenters. The molecule has 8 heteroatoms. The molecule has 0 saturated carbocycles. The molecule has 2 aromatic heterocycles. The van der Waals surface area contributed by atoms with E-state index in [1.54, 1.807) is 29.1 Å². The molecule has 3 aromatic rings. The van der Waals surface area contributed by atoms with Crippen LogP contribution in [0.5, 0.6) is 0 Å². The lowest BCUT2D eigenvalue weighted by atomic mass is 10.1. The Balaban J connectivity index is 1.79. The van der Waals surface area contributed by atoms with Crippen LogP contribution in [-0.2, 0) is 9.53 Å². The van der Waals surface area contributed by atoms with E-state index in [4.69, 9.17) is 4.74 Å². The maximum Gasteiger partial charge on any atom is 0.339 e. The van der Waals surface area contributed by atoms with E-state index in [0.29, 0.717) is 22.3 Å². The molecule has 3 rings (SSSR count). The fourth-order valence-corrected chi connectivity index (χ4v) is 3.08. The number of fused-ring (bicyclic) bond motifs is 1. The number of benzene rings is 1. The predicted octanol–water partition coefficient (Wildman–Crippen LogP) is 4.69. The highest BCUT2D eigenvalue weighted by Gasteiger charge is 2.20. The summed E-state index contributed by atoms with van der Waals surface area (Å²) in [5.74, 6) is -0.858. The molecule has 1 aromatic carbocycles. The van der Waals surface area contributed by atoms with Crippen molar-refractivity contribution in [2.45, 2.75) is 39.7 Å². The first-order valence-electron chi connectivity index (χ1n) is 9.37. The van der Waals surface area contributed by atoms with E-state index < -0.39 is 11.9 Å². The van der Waals surface area contributed by atoms with Gasteiger partial charge in [0.15, 0.2) is 12.3 Å². The van der Waals surface area contributed by atoms with Crippen LogP contribution in [0.25, 0.3) is 11.0 Å². The molecule has 0 spiro atoms. The van der Waals surface area contributed by atoms with Gasteiger partial charge in [0.05, 0.1) is 17.1 Å². The van der Waals surface area contributed by atoms with Gasteiger partial charge in [-0.2, -0.15) is 5.10 Å². The van der Waals surface area contributed by atoms with Gasteiger partial charge in [0.2, 0.25) is 0 Å². The molecule has 0 aliphatic heterocycles. The molecule has 2 heterocycles. The minimum Gasteiger partial charge on any atom is -0.452 e.